The fourth-order valence-electron chi connectivity index (χ4n) is 1.84. The van der Waals surface area contributed by atoms with E-state index in [0.717, 1.165) is 18.9 Å². The van der Waals surface area contributed by atoms with Crippen molar-refractivity contribution in [3.63, 3.8) is 0 Å². The molecule has 0 aliphatic heterocycles. The van der Waals surface area contributed by atoms with E-state index in [1.807, 2.05) is 18.2 Å². The zero-order chi connectivity index (χ0) is 12.9. The van der Waals surface area contributed by atoms with Crippen LogP contribution in [-0.2, 0) is 0 Å². The quantitative estimate of drug-likeness (QED) is 0.843. The summed E-state index contributed by atoms with van der Waals surface area (Å²) in [5, 5.41) is 12.0. The smallest absolute Gasteiger partial charge is 0.142 e. The molecule has 1 rings (SSSR count). The molecule has 0 atom stereocenters. The van der Waals surface area contributed by atoms with Gasteiger partial charge in [-0.3, -0.25) is 0 Å². The minimum atomic E-state index is 0.161. The highest BCUT2D eigenvalue weighted by molar-refractivity contribution is 5.38. The number of nitrogens with zero attached hydrogens (tertiary/aromatic N) is 3. The van der Waals surface area contributed by atoms with Gasteiger partial charge in [0.1, 0.15) is 17.6 Å². The molecule has 0 saturated carbocycles. The summed E-state index contributed by atoms with van der Waals surface area (Å²) in [6.45, 7) is 6.23. The molecule has 0 bridgehead atoms. The van der Waals surface area contributed by atoms with E-state index in [4.69, 9.17) is 5.26 Å². The number of hydrogen-bond acceptors (Lipinski definition) is 4. The molecule has 1 aromatic heterocycles. The van der Waals surface area contributed by atoms with E-state index >= 15 is 0 Å². The first-order valence-corrected chi connectivity index (χ1v) is 5.69. The lowest BCUT2D eigenvalue weighted by Crippen LogP contribution is -2.34. The van der Waals surface area contributed by atoms with Gasteiger partial charge in [0.2, 0.25) is 0 Å². The molecule has 0 aliphatic rings. The molecule has 0 saturated heterocycles. The first-order valence-electron chi connectivity index (χ1n) is 5.69. The molecule has 0 aliphatic carbocycles. The molecule has 0 fully saturated rings. The molecule has 0 amide bonds. The van der Waals surface area contributed by atoms with E-state index in [9.17, 15) is 0 Å². The van der Waals surface area contributed by atoms with Gasteiger partial charge < -0.3 is 10.2 Å². The largest absolute Gasteiger partial charge is 0.369 e. The second kappa shape index (κ2) is 5.65. The minimum absolute atomic E-state index is 0.161. The maximum atomic E-state index is 8.76. The molecule has 1 heterocycles. The van der Waals surface area contributed by atoms with E-state index in [1.54, 1.807) is 6.07 Å². The van der Waals surface area contributed by atoms with Crippen molar-refractivity contribution in [3.05, 3.63) is 23.9 Å². The van der Waals surface area contributed by atoms with Crippen LogP contribution in [-0.4, -0.2) is 37.1 Å². The molecule has 0 aromatic carbocycles. The van der Waals surface area contributed by atoms with Gasteiger partial charge in [-0.05, 0) is 31.6 Å². The normalized spacial score (nSPS) is 11.3. The van der Waals surface area contributed by atoms with Gasteiger partial charge in [-0.2, -0.15) is 5.26 Å². The van der Waals surface area contributed by atoms with Crippen molar-refractivity contribution in [3.8, 4) is 6.07 Å². The van der Waals surface area contributed by atoms with Gasteiger partial charge in [0.25, 0.3) is 0 Å². The maximum Gasteiger partial charge on any atom is 0.142 e. The summed E-state index contributed by atoms with van der Waals surface area (Å²) in [7, 11) is 4.13. The first-order chi connectivity index (χ1) is 7.93. The van der Waals surface area contributed by atoms with Crippen LogP contribution in [0.4, 0.5) is 5.82 Å². The Labute approximate surface area is 103 Å². The average Bonchev–Trinajstić information content (AvgIpc) is 2.25. The molecular weight excluding hydrogens is 212 g/mol. The first kappa shape index (κ1) is 13.5. The van der Waals surface area contributed by atoms with Crippen molar-refractivity contribution in [2.45, 2.75) is 13.8 Å². The third kappa shape index (κ3) is 4.83. The summed E-state index contributed by atoms with van der Waals surface area (Å²) >= 11 is 0. The Kier molecular flexibility index (Phi) is 4.47. The number of aromatic nitrogens is 1. The third-order valence-corrected chi connectivity index (χ3v) is 2.36. The van der Waals surface area contributed by atoms with Crippen molar-refractivity contribution >= 4 is 5.82 Å². The lowest BCUT2D eigenvalue weighted by Gasteiger charge is -2.28. The van der Waals surface area contributed by atoms with E-state index in [1.165, 1.54) is 0 Å². The molecule has 92 valence electrons. The lowest BCUT2D eigenvalue weighted by molar-refractivity contribution is 0.254. The zero-order valence-corrected chi connectivity index (χ0v) is 11.0. The summed E-state index contributed by atoms with van der Waals surface area (Å²) < 4.78 is 0. The minimum Gasteiger partial charge on any atom is -0.369 e. The van der Waals surface area contributed by atoms with Crippen LogP contribution in [0.5, 0.6) is 0 Å². The van der Waals surface area contributed by atoms with Crippen LogP contribution in [0.3, 0.4) is 0 Å². The van der Waals surface area contributed by atoms with Gasteiger partial charge in [-0.25, -0.2) is 4.98 Å². The van der Waals surface area contributed by atoms with Crippen molar-refractivity contribution in [2.75, 3.05) is 32.5 Å². The maximum absolute atomic E-state index is 8.76. The van der Waals surface area contributed by atoms with Gasteiger partial charge in [0.15, 0.2) is 0 Å². The molecule has 1 aromatic rings. The third-order valence-electron chi connectivity index (χ3n) is 2.36. The number of hydrogen-bond donors (Lipinski definition) is 1. The molecule has 0 spiro atoms. The Balaban J connectivity index is 2.58. The predicted molar refractivity (Wildman–Crippen MR) is 69.8 cm³/mol. The highest BCUT2D eigenvalue weighted by Crippen LogP contribution is 2.16. The van der Waals surface area contributed by atoms with Gasteiger partial charge in [0.05, 0.1) is 0 Å². The summed E-state index contributed by atoms with van der Waals surface area (Å²) in [4.78, 5) is 6.36. The molecule has 0 radical (unpaired) electrons. The standard InChI is InChI=1S/C13H20N4/c1-13(2,10-17(3)4)9-15-12-7-5-6-11(8-14)16-12/h5-7H,9-10H2,1-4H3,(H,15,16). The predicted octanol–water partition coefficient (Wildman–Crippen LogP) is 1.95. The van der Waals surface area contributed by atoms with Crippen LogP contribution < -0.4 is 5.32 Å². The van der Waals surface area contributed by atoms with Crippen LogP contribution in [0, 0.1) is 16.7 Å². The second-order valence-corrected chi connectivity index (χ2v) is 5.28. The van der Waals surface area contributed by atoms with Gasteiger partial charge >= 0.3 is 0 Å². The van der Waals surface area contributed by atoms with Crippen LogP contribution in [0.25, 0.3) is 0 Å². The molecule has 4 nitrogen and oxygen atoms in total. The van der Waals surface area contributed by atoms with Crippen LogP contribution in [0.2, 0.25) is 0 Å². The van der Waals surface area contributed by atoms with Crippen LogP contribution >= 0.6 is 0 Å². The lowest BCUT2D eigenvalue weighted by atomic mass is 9.93. The van der Waals surface area contributed by atoms with Gasteiger partial charge in [-0.15, -0.1) is 0 Å². The molecule has 4 heteroatoms. The highest BCUT2D eigenvalue weighted by Gasteiger charge is 2.18. The topological polar surface area (TPSA) is 52.0 Å². The molecule has 1 N–H and O–H groups in total. The van der Waals surface area contributed by atoms with Crippen LogP contribution in [0.1, 0.15) is 19.5 Å². The van der Waals surface area contributed by atoms with E-state index in [-0.39, 0.29) is 5.41 Å². The van der Waals surface area contributed by atoms with Gasteiger partial charge in [-0.1, -0.05) is 19.9 Å². The highest BCUT2D eigenvalue weighted by atomic mass is 15.1. The number of nitrogens with one attached hydrogen (secondary N) is 1. The zero-order valence-electron chi connectivity index (χ0n) is 11.0. The van der Waals surface area contributed by atoms with Crippen molar-refractivity contribution in [1.29, 1.82) is 5.26 Å². The Bertz CT molecular complexity index is 404. The molecule has 0 unspecified atom stereocenters. The fraction of sp³-hybridized carbons (Fsp3) is 0.538. The summed E-state index contributed by atoms with van der Waals surface area (Å²) in [5.74, 6) is 0.760. The number of rotatable bonds is 5. The Morgan fingerprint density at radius 1 is 1.41 bits per heavy atom. The van der Waals surface area contributed by atoms with Crippen LogP contribution in [0.15, 0.2) is 18.2 Å². The van der Waals surface area contributed by atoms with E-state index in [0.29, 0.717) is 5.69 Å². The molecule has 17 heavy (non-hydrogen) atoms. The number of nitriles is 1. The van der Waals surface area contributed by atoms with E-state index in [2.05, 4.69) is 43.1 Å². The number of pyridine rings is 1. The number of anilines is 1. The summed E-state index contributed by atoms with van der Waals surface area (Å²) in [6.07, 6.45) is 0. The van der Waals surface area contributed by atoms with Gasteiger partial charge in [0, 0.05) is 13.1 Å². The SMILES string of the molecule is CN(C)CC(C)(C)CNc1cccc(C#N)n1. The van der Waals surface area contributed by atoms with Crippen molar-refractivity contribution in [1.82, 2.24) is 9.88 Å². The molecular formula is C13H20N4. The Hall–Kier alpha value is -1.60. The van der Waals surface area contributed by atoms with Crippen molar-refractivity contribution in [2.24, 2.45) is 5.41 Å². The monoisotopic (exact) mass is 232 g/mol. The Morgan fingerprint density at radius 3 is 2.71 bits per heavy atom. The fourth-order valence-corrected chi connectivity index (χ4v) is 1.84. The summed E-state index contributed by atoms with van der Waals surface area (Å²) in [6, 6.07) is 7.46. The van der Waals surface area contributed by atoms with Crippen molar-refractivity contribution < 1.29 is 0 Å². The summed E-state index contributed by atoms with van der Waals surface area (Å²) in [5.41, 5.74) is 0.605. The second-order valence-electron chi connectivity index (χ2n) is 5.28. The average molecular weight is 232 g/mol. The van der Waals surface area contributed by atoms with E-state index < -0.39 is 0 Å². The Morgan fingerprint density at radius 2 is 2.12 bits per heavy atom.